The quantitative estimate of drug-likeness (QED) is 0.631. The van der Waals surface area contributed by atoms with Gasteiger partial charge in [0.25, 0.3) is 0 Å². The number of esters is 2. The predicted octanol–water partition coefficient (Wildman–Crippen LogP) is 4.17. The molecule has 0 atom stereocenters. The highest BCUT2D eigenvalue weighted by Gasteiger charge is 2.28. The van der Waals surface area contributed by atoms with Crippen LogP contribution >= 0.6 is 0 Å². The molecule has 1 aliphatic rings. The average Bonchev–Trinajstić information content (AvgIpc) is 2.84. The van der Waals surface area contributed by atoms with Crippen molar-refractivity contribution in [3.05, 3.63) is 59.2 Å². The monoisotopic (exact) mass is 454 g/mol. The number of anilines is 1. The van der Waals surface area contributed by atoms with E-state index in [2.05, 4.69) is 5.32 Å². The Balaban J connectivity index is 1.61. The number of hydrogen-bond acceptors (Lipinski definition) is 6. The molecule has 3 rings (SSSR count). The Bertz CT molecular complexity index is 981. The normalized spacial score (nSPS) is 13.8. The van der Waals surface area contributed by atoms with Gasteiger partial charge in [0.2, 0.25) is 0 Å². The Morgan fingerprint density at radius 2 is 1.73 bits per heavy atom. The maximum absolute atomic E-state index is 12.8. The molecule has 0 radical (unpaired) electrons. The second-order valence-electron chi connectivity index (χ2n) is 7.92. The lowest BCUT2D eigenvalue weighted by molar-refractivity contribution is -0.149. The van der Waals surface area contributed by atoms with Gasteiger partial charge in [-0.1, -0.05) is 23.8 Å². The maximum atomic E-state index is 12.8. The van der Waals surface area contributed by atoms with E-state index in [-0.39, 0.29) is 24.5 Å². The Morgan fingerprint density at radius 1 is 1.03 bits per heavy atom. The summed E-state index contributed by atoms with van der Waals surface area (Å²) >= 11 is 0. The van der Waals surface area contributed by atoms with Gasteiger partial charge in [-0.15, -0.1) is 0 Å². The van der Waals surface area contributed by atoms with Gasteiger partial charge < -0.3 is 24.4 Å². The molecule has 0 aliphatic carbocycles. The first-order valence-electron chi connectivity index (χ1n) is 11.0. The molecular formula is C25H30N2O6. The van der Waals surface area contributed by atoms with Crippen LogP contribution in [-0.4, -0.2) is 49.7 Å². The summed E-state index contributed by atoms with van der Waals surface area (Å²) in [5.74, 6) is -0.194. The average molecular weight is 455 g/mol. The fraction of sp³-hybridized carbons (Fsp3) is 0.400. The van der Waals surface area contributed by atoms with Crippen LogP contribution < -0.4 is 10.1 Å². The number of nitrogens with zero attached hydrogens (tertiary/aromatic N) is 1. The van der Waals surface area contributed by atoms with Gasteiger partial charge >= 0.3 is 18.0 Å². The van der Waals surface area contributed by atoms with Gasteiger partial charge in [-0.3, -0.25) is 4.79 Å². The minimum atomic E-state index is -0.522. The van der Waals surface area contributed by atoms with Gasteiger partial charge in [0.05, 0.1) is 30.9 Å². The Hall–Kier alpha value is -3.55. The van der Waals surface area contributed by atoms with Crippen molar-refractivity contribution in [2.24, 2.45) is 5.92 Å². The van der Waals surface area contributed by atoms with Crippen LogP contribution in [0, 0.1) is 12.8 Å². The molecule has 2 aromatic rings. The molecule has 2 aromatic carbocycles. The van der Waals surface area contributed by atoms with E-state index in [9.17, 15) is 14.4 Å². The Morgan fingerprint density at radius 3 is 2.36 bits per heavy atom. The standard InChI is InChI=1S/C25H30N2O6/c1-4-32-23(28)19-11-13-27(14-12-19)25(30)26-22-10-5-17(2)15-21(22)24(29)33-16-18-6-8-20(31-3)9-7-18/h5-10,15,19H,4,11-14,16H2,1-3H3,(H,26,30). The number of nitrogens with one attached hydrogen (secondary N) is 1. The molecule has 1 N–H and O–H groups in total. The van der Waals surface area contributed by atoms with E-state index in [1.54, 1.807) is 43.2 Å². The van der Waals surface area contributed by atoms with Crippen LogP contribution in [0.4, 0.5) is 10.5 Å². The lowest BCUT2D eigenvalue weighted by atomic mass is 9.97. The second kappa shape index (κ2) is 11.4. The van der Waals surface area contributed by atoms with Gasteiger partial charge in [-0.2, -0.15) is 0 Å². The number of carbonyl (C=O) groups excluding carboxylic acids is 3. The fourth-order valence-electron chi connectivity index (χ4n) is 3.66. The molecular weight excluding hydrogens is 424 g/mol. The molecule has 0 aromatic heterocycles. The van der Waals surface area contributed by atoms with Crippen LogP contribution in [-0.2, 0) is 20.9 Å². The van der Waals surface area contributed by atoms with Crippen molar-refractivity contribution in [3.63, 3.8) is 0 Å². The van der Waals surface area contributed by atoms with Gasteiger partial charge in [-0.25, -0.2) is 9.59 Å². The number of amides is 2. The number of ether oxygens (including phenoxy) is 3. The number of piperidine rings is 1. The minimum Gasteiger partial charge on any atom is -0.497 e. The van der Waals surface area contributed by atoms with E-state index >= 15 is 0 Å². The number of likely N-dealkylation sites (tertiary alicyclic amines) is 1. The third kappa shape index (κ3) is 6.47. The number of carbonyl (C=O) groups is 3. The third-order valence-corrected chi connectivity index (χ3v) is 5.57. The van der Waals surface area contributed by atoms with E-state index in [0.29, 0.717) is 43.8 Å². The molecule has 1 fully saturated rings. The topological polar surface area (TPSA) is 94.2 Å². The van der Waals surface area contributed by atoms with Crippen molar-refractivity contribution in [1.82, 2.24) is 4.90 Å². The Labute approximate surface area is 193 Å². The third-order valence-electron chi connectivity index (χ3n) is 5.57. The molecule has 0 spiro atoms. The van der Waals surface area contributed by atoms with Crippen molar-refractivity contribution < 1.29 is 28.6 Å². The summed E-state index contributed by atoms with van der Waals surface area (Å²) in [7, 11) is 1.59. The number of methoxy groups -OCH3 is 1. The Kier molecular flexibility index (Phi) is 8.29. The van der Waals surface area contributed by atoms with Crippen molar-refractivity contribution in [3.8, 4) is 5.75 Å². The summed E-state index contributed by atoms with van der Waals surface area (Å²) in [6.07, 6.45) is 1.10. The van der Waals surface area contributed by atoms with Crippen molar-refractivity contribution in [2.75, 3.05) is 32.1 Å². The van der Waals surface area contributed by atoms with Crippen LogP contribution in [0.3, 0.4) is 0 Å². The summed E-state index contributed by atoms with van der Waals surface area (Å²) in [5, 5.41) is 2.82. The van der Waals surface area contributed by atoms with Gasteiger partial charge in [0.15, 0.2) is 0 Å². The first-order valence-corrected chi connectivity index (χ1v) is 11.0. The lowest BCUT2D eigenvalue weighted by Crippen LogP contribution is -2.43. The molecule has 8 heteroatoms. The predicted molar refractivity (Wildman–Crippen MR) is 123 cm³/mol. The van der Waals surface area contributed by atoms with Crippen molar-refractivity contribution >= 4 is 23.7 Å². The zero-order valence-corrected chi connectivity index (χ0v) is 19.3. The van der Waals surface area contributed by atoms with Gasteiger partial charge in [0, 0.05) is 13.1 Å². The van der Waals surface area contributed by atoms with E-state index in [0.717, 1.165) is 16.9 Å². The summed E-state index contributed by atoms with van der Waals surface area (Å²) < 4.78 is 15.7. The van der Waals surface area contributed by atoms with Gasteiger partial charge in [-0.05, 0) is 56.5 Å². The molecule has 1 heterocycles. The molecule has 33 heavy (non-hydrogen) atoms. The number of benzene rings is 2. The largest absolute Gasteiger partial charge is 0.497 e. The molecule has 0 bridgehead atoms. The first kappa shape index (κ1) is 24.1. The zero-order valence-electron chi connectivity index (χ0n) is 19.3. The van der Waals surface area contributed by atoms with Crippen LogP contribution in [0.25, 0.3) is 0 Å². The molecule has 1 saturated heterocycles. The lowest BCUT2D eigenvalue weighted by Gasteiger charge is -2.31. The van der Waals surface area contributed by atoms with Crippen LogP contribution in [0.15, 0.2) is 42.5 Å². The van der Waals surface area contributed by atoms with E-state index in [4.69, 9.17) is 14.2 Å². The van der Waals surface area contributed by atoms with Crippen molar-refractivity contribution in [2.45, 2.75) is 33.3 Å². The van der Waals surface area contributed by atoms with Crippen LogP contribution in [0.5, 0.6) is 5.75 Å². The molecule has 2 amide bonds. The van der Waals surface area contributed by atoms with Crippen molar-refractivity contribution in [1.29, 1.82) is 0 Å². The van der Waals surface area contributed by atoms with Crippen LogP contribution in [0.2, 0.25) is 0 Å². The molecule has 1 aliphatic heterocycles. The summed E-state index contributed by atoms with van der Waals surface area (Å²) in [4.78, 5) is 39.1. The van der Waals surface area contributed by atoms with E-state index < -0.39 is 5.97 Å². The fourth-order valence-corrected chi connectivity index (χ4v) is 3.66. The number of hydrogen-bond donors (Lipinski definition) is 1. The number of aryl methyl sites for hydroxylation is 1. The molecule has 176 valence electrons. The highest BCUT2D eigenvalue weighted by molar-refractivity contribution is 6.01. The number of rotatable bonds is 7. The molecule has 0 saturated carbocycles. The SMILES string of the molecule is CCOC(=O)C1CCN(C(=O)Nc2ccc(C)cc2C(=O)OCc2ccc(OC)cc2)CC1. The van der Waals surface area contributed by atoms with Crippen LogP contribution in [0.1, 0.15) is 41.3 Å². The summed E-state index contributed by atoms with van der Waals surface area (Å²) in [5.41, 5.74) is 2.38. The first-order chi connectivity index (χ1) is 15.9. The smallest absolute Gasteiger partial charge is 0.340 e. The second-order valence-corrected chi connectivity index (χ2v) is 7.92. The van der Waals surface area contributed by atoms with E-state index in [1.165, 1.54) is 0 Å². The molecule has 0 unspecified atom stereocenters. The van der Waals surface area contributed by atoms with Gasteiger partial charge in [0.1, 0.15) is 12.4 Å². The molecule has 8 nitrogen and oxygen atoms in total. The summed E-state index contributed by atoms with van der Waals surface area (Å²) in [6, 6.07) is 12.1. The maximum Gasteiger partial charge on any atom is 0.340 e. The highest BCUT2D eigenvalue weighted by Crippen LogP contribution is 2.23. The summed E-state index contributed by atoms with van der Waals surface area (Å²) in [6.45, 7) is 4.99. The highest BCUT2D eigenvalue weighted by atomic mass is 16.5. The zero-order chi connectivity index (χ0) is 23.8. The minimum absolute atomic E-state index is 0.103. The number of urea groups is 1. The van der Waals surface area contributed by atoms with E-state index in [1.807, 2.05) is 25.1 Å².